The van der Waals surface area contributed by atoms with Crippen LogP contribution in [0.4, 0.5) is 0 Å². The number of hydrogen-bond acceptors (Lipinski definition) is 5. The van der Waals surface area contributed by atoms with Crippen LogP contribution in [0.5, 0.6) is 5.75 Å². The predicted molar refractivity (Wildman–Crippen MR) is 90.8 cm³/mol. The molecule has 0 N–H and O–H groups in total. The molecule has 23 heavy (non-hydrogen) atoms. The molecule has 1 saturated heterocycles. The van der Waals surface area contributed by atoms with E-state index in [0.29, 0.717) is 26.4 Å². The molecule has 1 fully saturated rings. The zero-order chi connectivity index (χ0) is 16.5. The molecule has 0 saturated carbocycles. The predicted octanol–water partition coefficient (Wildman–Crippen LogP) is 3.06. The standard InChI is InChI=1S/C17H28O5Si/c1-4-20-23(21-5-2,22-6-3)12-11-15-7-9-16(10-8-15)18-13-17-14-19-17/h7-10,17H,4-6,11-14H2,1-3H3. The molecule has 1 atom stereocenters. The van der Waals surface area contributed by atoms with Gasteiger partial charge in [-0.1, -0.05) is 12.1 Å². The summed E-state index contributed by atoms with van der Waals surface area (Å²) in [5.41, 5.74) is 1.23. The molecule has 130 valence electrons. The van der Waals surface area contributed by atoms with Crippen LogP contribution in [0.3, 0.4) is 0 Å². The van der Waals surface area contributed by atoms with E-state index in [4.69, 9.17) is 22.8 Å². The maximum atomic E-state index is 5.88. The van der Waals surface area contributed by atoms with E-state index in [1.165, 1.54) is 5.56 Å². The zero-order valence-electron chi connectivity index (χ0n) is 14.4. The van der Waals surface area contributed by atoms with E-state index in [1.807, 2.05) is 32.9 Å². The van der Waals surface area contributed by atoms with E-state index in [0.717, 1.165) is 24.8 Å². The van der Waals surface area contributed by atoms with Crippen molar-refractivity contribution in [3.8, 4) is 5.75 Å². The van der Waals surface area contributed by atoms with Crippen LogP contribution in [0.1, 0.15) is 26.3 Å². The Morgan fingerprint density at radius 1 is 1.00 bits per heavy atom. The first kappa shape index (κ1) is 18.4. The van der Waals surface area contributed by atoms with Gasteiger partial charge in [-0.2, -0.15) is 0 Å². The Morgan fingerprint density at radius 3 is 2.04 bits per heavy atom. The lowest BCUT2D eigenvalue weighted by Gasteiger charge is -2.28. The highest BCUT2D eigenvalue weighted by Gasteiger charge is 2.39. The van der Waals surface area contributed by atoms with Crippen LogP contribution in [-0.4, -0.2) is 47.9 Å². The van der Waals surface area contributed by atoms with E-state index in [2.05, 4.69) is 12.1 Å². The van der Waals surface area contributed by atoms with Crippen LogP contribution in [-0.2, 0) is 24.4 Å². The van der Waals surface area contributed by atoms with Gasteiger partial charge in [0.25, 0.3) is 0 Å². The molecule has 0 aromatic heterocycles. The van der Waals surface area contributed by atoms with E-state index in [9.17, 15) is 0 Å². The van der Waals surface area contributed by atoms with Crippen LogP contribution in [0.2, 0.25) is 6.04 Å². The van der Waals surface area contributed by atoms with E-state index < -0.39 is 8.80 Å². The van der Waals surface area contributed by atoms with E-state index >= 15 is 0 Å². The maximum absolute atomic E-state index is 5.88. The summed E-state index contributed by atoms with van der Waals surface area (Å²) in [5.74, 6) is 0.882. The first-order valence-corrected chi connectivity index (χ1v) is 10.4. The van der Waals surface area contributed by atoms with E-state index in [-0.39, 0.29) is 6.10 Å². The molecule has 1 aromatic rings. The highest BCUT2D eigenvalue weighted by atomic mass is 28.4. The van der Waals surface area contributed by atoms with Gasteiger partial charge in [-0.15, -0.1) is 0 Å². The second kappa shape index (κ2) is 9.39. The molecule has 0 spiro atoms. The van der Waals surface area contributed by atoms with Crippen LogP contribution in [0, 0.1) is 0 Å². The van der Waals surface area contributed by atoms with Crippen molar-refractivity contribution in [1.82, 2.24) is 0 Å². The van der Waals surface area contributed by atoms with Gasteiger partial charge < -0.3 is 22.8 Å². The van der Waals surface area contributed by atoms with Crippen LogP contribution < -0.4 is 4.74 Å². The number of rotatable bonds is 12. The monoisotopic (exact) mass is 340 g/mol. The molecule has 5 nitrogen and oxygen atoms in total. The average Bonchev–Trinajstić information content (AvgIpc) is 3.37. The van der Waals surface area contributed by atoms with Crippen LogP contribution in [0.15, 0.2) is 24.3 Å². The second-order valence-electron chi connectivity index (χ2n) is 5.39. The molecule has 2 rings (SSSR count). The minimum absolute atomic E-state index is 0.282. The van der Waals surface area contributed by atoms with Crippen molar-refractivity contribution in [2.24, 2.45) is 0 Å². The molecule has 6 heteroatoms. The summed E-state index contributed by atoms with van der Waals surface area (Å²) in [7, 11) is -2.56. The molecule has 1 aliphatic heterocycles. The van der Waals surface area contributed by atoms with Gasteiger partial charge in [0, 0.05) is 25.9 Å². The molecule has 1 aliphatic rings. The van der Waals surface area contributed by atoms with Gasteiger partial charge in [0.1, 0.15) is 18.5 Å². The fourth-order valence-corrected chi connectivity index (χ4v) is 5.00. The number of ether oxygens (including phenoxy) is 2. The molecule has 0 radical (unpaired) electrons. The molecular formula is C17H28O5Si. The Bertz CT molecular complexity index is 430. The van der Waals surface area contributed by atoms with Crippen molar-refractivity contribution in [3.63, 3.8) is 0 Å². The van der Waals surface area contributed by atoms with Gasteiger partial charge in [0.05, 0.1) is 6.61 Å². The van der Waals surface area contributed by atoms with Gasteiger partial charge in [-0.3, -0.25) is 0 Å². The minimum Gasteiger partial charge on any atom is -0.491 e. The quantitative estimate of drug-likeness (QED) is 0.432. The summed E-state index contributed by atoms with van der Waals surface area (Å²) in [6, 6.07) is 8.97. The highest BCUT2D eigenvalue weighted by Crippen LogP contribution is 2.21. The van der Waals surface area contributed by atoms with Crippen molar-refractivity contribution in [1.29, 1.82) is 0 Å². The molecule has 1 unspecified atom stereocenters. The summed E-state index contributed by atoms with van der Waals surface area (Å²) in [6.45, 7) is 9.23. The van der Waals surface area contributed by atoms with Gasteiger partial charge in [0.2, 0.25) is 0 Å². The Morgan fingerprint density at radius 2 is 1.57 bits per heavy atom. The smallest absolute Gasteiger partial charge is 0.491 e. The number of benzene rings is 1. The summed E-state index contributed by atoms with van der Waals surface area (Å²) >= 11 is 0. The molecular weight excluding hydrogens is 312 g/mol. The summed E-state index contributed by atoms with van der Waals surface area (Å²) < 4.78 is 28.4. The molecule has 0 aliphatic carbocycles. The fraction of sp³-hybridized carbons (Fsp3) is 0.647. The Kier molecular flexibility index (Phi) is 7.52. The van der Waals surface area contributed by atoms with Gasteiger partial charge in [-0.05, 0) is 44.9 Å². The lowest BCUT2D eigenvalue weighted by atomic mass is 10.2. The summed E-state index contributed by atoms with van der Waals surface area (Å²) in [6.07, 6.45) is 1.16. The average molecular weight is 340 g/mol. The normalized spacial score (nSPS) is 17.3. The Labute approximate surface area is 140 Å². The molecule has 1 aromatic carbocycles. The third kappa shape index (κ3) is 6.23. The number of epoxide rings is 1. The van der Waals surface area contributed by atoms with Gasteiger partial charge in [-0.25, -0.2) is 0 Å². The zero-order valence-corrected chi connectivity index (χ0v) is 15.4. The van der Waals surface area contributed by atoms with Gasteiger partial charge >= 0.3 is 8.80 Å². The van der Waals surface area contributed by atoms with E-state index in [1.54, 1.807) is 0 Å². The number of hydrogen-bond donors (Lipinski definition) is 0. The first-order chi connectivity index (χ1) is 11.2. The van der Waals surface area contributed by atoms with Crippen molar-refractivity contribution in [2.45, 2.75) is 39.3 Å². The lowest BCUT2D eigenvalue weighted by molar-refractivity contribution is 0.0714. The SMILES string of the molecule is CCO[Si](CCc1ccc(OCC2CO2)cc1)(OCC)OCC. The van der Waals surface area contributed by atoms with Crippen molar-refractivity contribution in [3.05, 3.63) is 29.8 Å². The summed E-state index contributed by atoms with van der Waals surface area (Å²) in [5, 5.41) is 0. The second-order valence-corrected chi connectivity index (χ2v) is 8.12. The molecule has 1 heterocycles. The van der Waals surface area contributed by atoms with Crippen molar-refractivity contribution >= 4 is 8.80 Å². The maximum Gasteiger partial charge on any atom is 0.501 e. The minimum atomic E-state index is -2.56. The van der Waals surface area contributed by atoms with Crippen molar-refractivity contribution in [2.75, 3.05) is 33.0 Å². The van der Waals surface area contributed by atoms with Crippen LogP contribution in [0.25, 0.3) is 0 Å². The highest BCUT2D eigenvalue weighted by molar-refractivity contribution is 6.60. The molecule has 0 bridgehead atoms. The summed E-state index contributed by atoms with van der Waals surface area (Å²) in [4.78, 5) is 0. The van der Waals surface area contributed by atoms with Crippen molar-refractivity contribution < 1.29 is 22.8 Å². The topological polar surface area (TPSA) is 49.5 Å². The largest absolute Gasteiger partial charge is 0.501 e. The van der Waals surface area contributed by atoms with Crippen LogP contribution >= 0.6 is 0 Å². The Balaban J connectivity index is 1.87. The third-order valence-corrected chi connectivity index (χ3v) is 6.62. The molecule has 0 amide bonds. The number of aryl methyl sites for hydroxylation is 1. The Hall–Kier alpha value is -0.923. The first-order valence-electron chi connectivity index (χ1n) is 8.46. The fourth-order valence-electron chi connectivity index (χ4n) is 2.40. The van der Waals surface area contributed by atoms with Gasteiger partial charge in [0.15, 0.2) is 0 Å². The lowest BCUT2D eigenvalue weighted by Crippen LogP contribution is -2.46. The third-order valence-electron chi connectivity index (χ3n) is 3.57.